The fraction of sp³-hybridized carbons (Fsp3) is 0.562. The number of carbonyl (C=O) groups is 1. The Kier molecular flexibility index (Phi) is 3.56. The third kappa shape index (κ3) is 2.81. The minimum absolute atomic E-state index is 0.353. The zero-order chi connectivity index (χ0) is 13.2. The summed E-state index contributed by atoms with van der Waals surface area (Å²) in [4.78, 5) is 16.7. The van der Waals surface area contributed by atoms with Gasteiger partial charge in [0, 0.05) is 32.6 Å². The summed E-state index contributed by atoms with van der Waals surface area (Å²) in [5, 5.41) is 0. The van der Waals surface area contributed by atoms with Gasteiger partial charge in [0.15, 0.2) is 0 Å². The Balaban J connectivity index is 1.54. The van der Waals surface area contributed by atoms with Gasteiger partial charge in [0.25, 0.3) is 0 Å². The van der Waals surface area contributed by atoms with Crippen molar-refractivity contribution in [3.05, 3.63) is 35.4 Å². The fourth-order valence-corrected chi connectivity index (χ4v) is 3.23. The molecule has 0 bridgehead atoms. The zero-order valence-corrected chi connectivity index (χ0v) is 11.6. The lowest BCUT2D eigenvalue weighted by atomic mass is 10.0. The molecule has 1 heterocycles. The van der Waals surface area contributed by atoms with E-state index in [1.54, 1.807) is 0 Å². The summed E-state index contributed by atoms with van der Waals surface area (Å²) in [5.74, 6) is 0.871. The Bertz CT molecular complexity index is 439. The molecule has 0 aromatic heterocycles. The second kappa shape index (κ2) is 5.33. The van der Waals surface area contributed by atoms with Crippen LogP contribution in [0.4, 0.5) is 0 Å². The van der Waals surface area contributed by atoms with Gasteiger partial charge in [0.05, 0.1) is 0 Å². The van der Waals surface area contributed by atoms with Crippen molar-refractivity contribution in [3.63, 3.8) is 0 Å². The van der Waals surface area contributed by atoms with E-state index < -0.39 is 0 Å². The first-order chi connectivity index (χ1) is 9.22. The Hall–Kier alpha value is -1.35. The van der Waals surface area contributed by atoms with E-state index in [4.69, 9.17) is 0 Å². The van der Waals surface area contributed by atoms with Gasteiger partial charge in [-0.1, -0.05) is 24.3 Å². The number of hydrogen-bond acceptors (Lipinski definition) is 2. The average Bonchev–Trinajstić information content (AvgIpc) is 2.81. The second-order valence-corrected chi connectivity index (χ2v) is 5.93. The lowest BCUT2D eigenvalue weighted by Crippen LogP contribution is -2.47. The molecule has 19 heavy (non-hydrogen) atoms. The van der Waals surface area contributed by atoms with E-state index in [-0.39, 0.29) is 0 Å². The molecule has 1 aromatic rings. The van der Waals surface area contributed by atoms with Gasteiger partial charge in [-0.05, 0) is 36.9 Å². The minimum atomic E-state index is 0.353. The summed E-state index contributed by atoms with van der Waals surface area (Å²) in [6, 6.07) is 8.61. The number of piperazine rings is 1. The van der Waals surface area contributed by atoms with E-state index in [0.29, 0.717) is 11.8 Å². The van der Waals surface area contributed by atoms with Crippen molar-refractivity contribution in [3.8, 4) is 0 Å². The third-order valence-electron chi connectivity index (χ3n) is 4.45. The van der Waals surface area contributed by atoms with E-state index in [0.717, 1.165) is 45.4 Å². The number of fused-ring (bicyclic) bond motifs is 1. The van der Waals surface area contributed by atoms with Crippen LogP contribution in [-0.2, 0) is 17.6 Å². The maximum absolute atomic E-state index is 12.3. The standard InChI is InChI=1S/C16H22N2O/c1-17-6-8-18(9-7-17)16(19)12-13-10-14-4-2-3-5-15(14)11-13/h2-5,13H,6-12H2,1H3. The first-order valence-electron chi connectivity index (χ1n) is 7.25. The van der Waals surface area contributed by atoms with Gasteiger partial charge < -0.3 is 9.80 Å². The molecule has 1 aliphatic carbocycles. The number of nitrogens with zero attached hydrogens (tertiary/aromatic N) is 2. The van der Waals surface area contributed by atoms with Crippen molar-refractivity contribution in [2.45, 2.75) is 19.3 Å². The molecular weight excluding hydrogens is 236 g/mol. The monoisotopic (exact) mass is 258 g/mol. The Morgan fingerprint density at radius 2 is 1.68 bits per heavy atom. The highest BCUT2D eigenvalue weighted by Crippen LogP contribution is 2.29. The van der Waals surface area contributed by atoms with E-state index in [2.05, 4.69) is 36.2 Å². The van der Waals surface area contributed by atoms with Crippen LogP contribution in [0.15, 0.2) is 24.3 Å². The van der Waals surface area contributed by atoms with Crippen molar-refractivity contribution < 1.29 is 4.79 Å². The quantitative estimate of drug-likeness (QED) is 0.804. The topological polar surface area (TPSA) is 23.6 Å². The molecule has 0 radical (unpaired) electrons. The number of hydrogen-bond donors (Lipinski definition) is 0. The molecule has 1 aliphatic heterocycles. The van der Waals surface area contributed by atoms with Crippen molar-refractivity contribution >= 4 is 5.91 Å². The molecule has 3 nitrogen and oxygen atoms in total. The molecule has 1 saturated heterocycles. The molecule has 3 rings (SSSR count). The van der Waals surface area contributed by atoms with Gasteiger partial charge >= 0.3 is 0 Å². The molecule has 0 atom stereocenters. The maximum Gasteiger partial charge on any atom is 0.222 e. The SMILES string of the molecule is CN1CCN(C(=O)CC2Cc3ccccc3C2)CC1. The highest BCUT2D eigenvalue weighted by molar-refractivity contribution is 5.76. The summed E-state index contributed by atoms with van der Waals surface area (Å²) >= 11 is 0. The maximum atomic E-state index is 12.3. The highest BCUT2D eigenvalue weighted by atomic mass is 16.2. The smallest absolute Gasteiger partial charge is 0.222 e. The molecule has 102 valence electrons. The van der Waals surface area contributed by atoms with Gasteiger partial charge in [-0.15, -0.1) is 0 Å². The number of likely N-dealkylation sites (N-methyl/N-ethyl adjacent to an activating group) is 1. The van der Waals surface area contributed by atoms with Crippen LogP contribution in [0.25, 0.3) is 0 Å². The molecule has 0 N–H and O–H groups in total. The molecule has 1 amide bonds. The third-order valence-corrected chi connectivity index (χ3v) is 4.45. The molecule has 0 saturated carbocycles. The highest BCUT2D eigenvalue weighted by Gasteiger charge is 2.26. The van der Waals surface area contributed by atoms with Crippen molar-refractivity contribution in [1.29, 1.82) is 0 Å². The normalized spacial score (nSPS) is 20.6. The number of carbonyl (C=O) groups excluding carboxylic acids is 1. The first kappa shape index (κ1) is 12.7. The lowest BCUT2D eigenvalue weighted by molar-refractivity contribution is -0.133. The van der Waals surface area contributed by atoms with Crippen molar-refractivity contribution in [2.24, 2.45) is 5.92 Å². The van der Waals surface area contributed by atoms with Crippen molar-refractivity contribution in [1.82, 2.24) is 9.80 Å². The zero-order valence-electron chi connectivity index (χ0n) is 11.6. The van der Waals surface area contributed by atoms with E-state index >= 15 is 0 Å². The summed E-state index contributed by atoms with van der Waals surface area (Å²) in [7, 11) is 2.12. The van der Waals surface area contributed by atoms with Crippen LogP contribution in [0.5, 0.6) is 0 Å². The molecule has 1 fully saturated rings. The Labute approximate surface area is 115 Å². The molecular formula is C16H22N2O. The van der Waals surface area contributed by atoms with Crippen LogP contribution in [0.1, 0.15) is 17.5 Å². The van der Waals surface area contributed by atoms with Crippen LogP contribution < -0.4 is 0 Å². The van der Waals surface area contributed by atoms with Gasteiger partial charge in [-0.25, -0.2) is 0 Å². The first-order valence-corrected chi connectivity index (χ1v) is 7.25. The Morgan fingerprint density at radius 3 is 2.26 bits per heavy atom. The summed E-state index contributed by atoms with van der Waals surface area (Å²) in [5.41, 5.74) is 2.89. The Morgan fingerprint density at radius 1 is 1.11 bits per heavy atom. The van der Waals surface area contributed by atoms with Crippen LogP contribution >= 0.6 is 0 Å². The van der Waals surface area contributed by atoms with Gasteiger partial charge in [0.1, 0.15) is 0 Å². The minimum Gasteiger partial charge on any atom is -0.340 e. The predicted octanol–water partition coefficient (Wildman–Crippen LogP) is 1.57. The number of rotatable bonds is 2. The number of amides is 1. The number of benzene rings is 1. The molecule has 0 unspecified atom stereocenters. The average molecular weight is 258 g/mol. The largest absolute Gasteiger partial charge is 0.340 e. The molecule has 0 spiro atoms. The van der Waals surface area contributed by atoms with Gasteiger partial charge in [-0.3, -0.25) is 4.79 Å². The summed E-state index contributed by atoms with van der Waals surface area (Å²) in [6.07, 6.45) is 2.88. The van der Waals surface area contributed by atoms with Gasteiger partial charge in [-0.2, -0.15) is 0 Å². The van der Waals surface area contributed by atoms with Crippen LogP contribution in [0.3, 0.4) is 0 Å². The van der Waals surface area contributed by atoms with Crippen LogP contribution in [0.2, 0.25) is 0 Å². The lowest BCUT2D eigenvalue weighted by Gasteiger charge is -2.33. The van der Waals surface area contributed by atoms with E-state index in [9.17, 15) is 4.79 Å². The van der Waals surface area contributed by atoms with Crippen LogP contribution in [0, 0.1) is 5.92 Å². The van der Waals surface area contributed by atoms with Gasteiger partial charge in [0.2, 0.25) is 5.91 Å². The van der Waals surface area contributed by atoms with Crippen LogP contribution in [-0.4, -0.2) is 48.9 Å². The van der Waals surface area contributed by atoms with Crippen molar-refractivity contribution in [2.75, 3.05) is 33.2 Å². The second-order valence-electron chi connectivity index (χ2n) is 5.93. The molecule has 1 aromatic carbocycles. The summed E-state index contributed by atoms with van der Waals surface area (Å²) in [6.45, 7) is 3.82. The summed E-state index contributed by atoms with van der Waals surface area (Å²) < 4.78 is 0. The van der Waals surface area contributed by atoms with E-state index in [1.807, 2.05) is 4.90 Å². The van der Waals surface area contributed by atoms with E-state index in [1.165, 1.54) is 11.1 Å². The molecule has 2 aliphatic rings. The fourth-order valence-electron chi connectivity index (χ4n) is 3.23. The predicted molar refractivity (Wildman–Crippen MR) is 76.0 cm³/mol. The molecule has 3 heteroatoms.